The van der Waals surface area contributed by atoms with E-state index in [9.17, 15) is 0 Å². The Bertz CT molecular complexity index is 139. The summed E-state index contributed by atoms with van der Waals surface area (Å²) < 4.78 is 0. The lowest BCUT2D eigenvalue weighted by Gasteiger charge is -2.31. The molecular weight excluding hydrogens is 172 g/mol. The van der Waals surface area contributed by atoms with Crippen LogP contribution >= 0.6 is 0 Å². The normalized spacial score (nSPS) is 22.5. The van der Waals surface area contributed by atoms with Gasteiger partial charge in [0.25, 0.3) is 0 Å². The second-order valence-corrected chi connectivity index (χ2v) is 4.81. The van der Waals surface area contributed by atoms with Crippen LogP contribution in [0, 0.1) is 11.8 Å². The summed E-state index contributed by atoms with van der Waals surface area (Å²) in [6, 6.07) is 0. The molecule has 2 heteroatoms. The van der Waals surface area contributed by atoms with Crippen LogP contribution in [-0.2, 0) is 0 Å². The van der Waals surface area contributed by atoms with Crippen molar-refractivity contribution in [2.45, 2.75) is 32.6 Å². The number of rotatable bonds is 5. The van der Waals surface area contributed by atoms with E-state index in [2.05, 4.69) is 31.2 Å². The Balaban J connectivity index is 2.21. The number of likely N-dealkylation sites (tertiary alicyclic amines) is 1. The first kappa shape index (κ1) is 12.0. The quantitative estimate of drug-likeness (QED) is 0.726. The number of nitrogens with one attached hydrogen (secondary N) is 1. The molecule has 0 aliphatic carbocycles. The molecule has 0 saturated carbocycles. The van der Waals surface area contributed by atoms with E-state index in [0.29, 0.717) is 0 Å². The molecule has 1 atom stereocenters. The maximum atomic E-state index is 3.31. The lowest BCUT2D eigenvalue weighted by molar-refractivity contribution is 0.193. The van der Waals surface area contributed by atoms with E-state index in [1.54, 1.807) is 0 Å². The van der Waals surface area contributed by atoms with Crippen LogP contribution in [0.5, 0.6) is 0 Å². The van der Waals surface area contributed by atoms with Gasteiger partial charge in [-0.3, -0.25) is 0 Å². The van der Waals surface area contributed by atoms with Gasteiger partial charge in [0.05, 0.1) is 0 Å². The van der Waals surface area contributed by atoms with E-state index in [1.165, 1.54) is 45.3 Å². The molecule has 0 bridgehead atoms. The number of hydrogen-bond acceptors (Lipinski definition) is 2. The van der Waals surface area contributed by atoms with E-state index < -0.39 is 0 Å². The maximum Gasteiger partial charge on any atom is -0.00191 e. The maximum absolute atomic E-state index is 3.31. The van der Waals surface area contributed by atoms with Crippen molar-refractivity contribution in [2.24, 2.45) is 11.8 Å². The van der Waals surface area contributed by atoms with Crippen LogP contribution in [0.3, 0.4) is 0 Å². The molecule has 2 nitrogen and oxygen atoms in total. The van der Waals surface area contributed by atoms with Gasteiger partial charge in [-0.1, -0.05) is 13.3 Å². The number of piperidine rings is 1. The van der Waals surface area contributed by atoms with Gasteiger partial charge in [-0.15, -0.1) is 0 Å². The fourth-order valence-electron chi connectivity index (χ4n) is 2.45. The third kappa shape index (κ3) is 3.97. The first-order valence-electron chi connectivity index (χ1n) is 6.09. The lowest BCUT2D eigenvalue weighted by atomic mass is 9.86. The molecule has 0 aromatic rings. The van der Waals surface area contributed by atoms with Crippen molar-refractivity contribution in [3.63, 3.8) is 0 Å². The highest BCUT2D eigenvalue weighted by molar-refractivity contribution is 4.73. The highest BCUT2D eigenvalue weighted by atomic mass is 15.1. The zero-order chi connectivity index (χ0) is 10.4. The average molecular weight is 198 g/mol. The monoisotopic (exact) mass is 198 g/mol. The summed E-state index contributed by atoms with van der Waals surface area (Å²) in [5.74, 6) is 1.89. The van der Waals surface area contributed by atoms with Crippen LogP contribution in [0.4, 0.5) is 0 Å². The lowest BCUT2D eigenvalue weighted by Crippen LogP contribution is -2.32. The minimum atomic E-state index is 0.897. The van der Waals surface area contributed by atoms with E-state index in [4.69, 9.17) is 0 Å². The summed E-state index contributed by atoms with van der Waals surface area (Å²) in [5, 5.41) is 3.31. The fourth-order valence-corrected chi connectivity index (χ4v) is 2.45. The Labute approximate surface area is 89.1 Å². The largest absolute Gasteiger partial charge is 0.319 e. The molecule has 0 amide bonds. The van der Waals surface area contributed by atoms with Gasteiger partial charge in [0.2, 0.25) is 0 Å². The summed E-state index contributed by atoms with van der Waals surface area (Å²) >= 11 is 0. The third-order valence-corrected chi connectivity index (χ3v) is 3.57. The van der Waals surface area contributed by atoms with Crippen molar-refractivity contribution in [3.05, 3.63) is 0 Å². The highest BCUT2D eigenvalue weighted by Gasteiger charge is 2.19. The number of hydrogen-bond donors (Lipinski definition) is 1. The Morgan fingerprint density at radius 2 is 2.00 bits per heavy atom. The van der Waals surface area contributed by atoms with Crippen LogP contribution < -0.4 is 5.32 Å². The van der Waals surface area contributed by atoms with Gasteiger partial charge in [0, 0.05) is 0 Å². The molecule has 1 N–H and O–H groups in total. The SMILES string of the molecule is CCC(CNC)CC1CCN(C)CC1. The Morgan fingerprint density at radius 3 is 2.50 bits per heavy atom. The van der Waals surface area contributed by atoms with Gasteiger partial charge in [-0.2, -0.15) is 0 Å². The topological polar surface area (TPSA) is 15.3 Å². The summed E-state index contributed by atoms with van der Waals surface area (Å²) in [4.78, 5) is 2.45. The molecule has 0 aromatic carbocycles. The van der Waals surface area contributed by atoms with Gasteiger partial charge < -0.3 is 10.2 Å². The van der Waals surface area contributed by atoms with Crippen molar-refractivity contribution in [1.29, 1.82) is 0 Å². The van der Waals surface area contributed by atoms with Crippen molar-refractivity contribution >= 4 is 0 Å². The van der Waals surface area contributed by atoms with Crippen molar-refractivity contribution in [3.8, 4) is 0 Å². The summed E-state index contributed by atoms with van der Waals surface area (Å²) in [7, 11) is 4.30. The molecule has 1 aliphatic heterocycles. The minimum absolute atomic E-state index is 0.897. The summed E-state index contributed by atoms with van der Waals surface area (Å²) in [6.45, 7) is 6.13. The van der Waals surface area contributed by atoms with E-state index in [0.717, 1.165) is 11.8 Å². The van der Waals surface area contributed by atoms with Crippen molar-refractivity contribution in [1.82, 2.24) is 10.2 Å². The van der Waals surface area contributed by atoms with Crippen LogP contribution in [0.2, 0.25) is 0 Å². The van der Waals surface area contributed by atoms with Crippen LogP contribution in [0.15, 0.2) is 0 Å². The van der Waals surface area contributed by atoms with Crippen molar-refractivity contribution in [2.75, 3.05) is 33.7 Å². The first-order chi connectivity index (χ1) is 6.76. The van der Waals surface area contributed by atoms with Crippen LogP contribution in [-0.4, -0.2) is 38.6 Å². The molecule has 0 radical (unpaired) electrons. The first-order valence-corrected chi connectivity index (χ1v) is 6.09. The molecule has 1 heterocycles. The second kappa shape index (κ2) is 6.41. The zero-order valence-corrected chi connectivity index (χ0v) is 10.1. The molecule has 14 heavy (non-hydrogen) atoms. The van der Waals surface area contributed by atoms with Gasteiger partial charge in [-0.25, -0.2) is 0 Å². The predicted octanol–water partition coefficient (Wildman–Crippen LogP) is 1.96. The van der Waals surface area contributed by atoms with Gasteiger partial charge >= 0.3 is 0 Å². The molecule has 1 unspecified atom stereocenters. The molecule has 1 saturated heterocycles. The summed E-state index contributed by atoms with van der Waals surface area (Å²) in [6.07, 6.45) is 5.59. The van der Waals surface area contributed by atoms with Crippen LogP contribution in [0.25, 0.3) is 0 Å². The molecule has 1 fully saturated rings. The summed E-state index contributed by atoms with van der Waals surface area (Å²) in [5.41, 5.74) is 0. The van der Waals surface area contributed by atoms with E-state index in [1.807, 2.05) is 0 Å². The second-order valence-electron chi connectivity index (χ2n) is 4.81. The predicted molar refractivity (Wildman–Crippen MR) is 62.5 cm³/mol. The van der Waals surface area contributed by atoms with Gasteiger partial charge in [0.15, 0.2) is 0 Å². The van der Waals surface area contributed by atoms with E-state index >= 15 is 0 Å². The standard InChI is InChI=1S/C12H26N2/c1-4-11(10-13-2)9-12-5-7-14(3)8-6-12/h11-13H,4-10H2,1-3H3. The number of nitrogens with zero attached hydrogens (tertiary/aromatic N) is 1. The third-order valence-electron chi connectivity index (χ3n) is 3.57. The Kier molecular flexibility index (Phi) is 5.49. The van der Waals surface area contributed by atoms with Gasteiger partial charge in [0.1, 0.15) is 0 Å². The Hall–Kier alpha value is -0.0800. The highest BCUT2D eigenvalue weighted by Crippen LogP contribution is 2.24. The smallest absolute Gasteiger partial charge is 0.00191 e. The van der Waals surface area contributed by atoms with Gasteiger partial charge in [-0.05, 0) is 64.8 Å². The molecule has 1 rings (SSSR count). The van der Waals surface area contributed by atoms with E-state index in [-0.39, 0.29) is 0 Å². The molecule has 0 spiro atoms. The van der Waals surface area contributed by atoms with Crippen molar-refractivity contribution < 1.29 is 0 Å². The minimum Gasteiger partial charge on any atom is -0.319 e. The fraction of sp³-hybridized carbons (Fsp3) is 1.00. The van der Waals surface area contributed by atoms with Crippen LogP contribution in [0.1, 0.15) is 32.6 Å². The zero-order valence-electron chi connectivity index (χ0n) is 10.1. The Morgan fingerprint density at radius 1 is 1.36 bits per heavy atom. The average Bonchev–Trinajstić information content (AvgIpc) is 2.20. The molecule has 0 aromatic heterocycles. The molecule has 1 aliphatic rings. The molecule has 84 valence electrons. The molecular formula is C12H26N2.